The minimum atomic E-state index is -4.19. The molecule has 1 aromatic rings. The zero-order valence-corrected chi connectivity index (χ0v) is 10.5. The third kappa shape index (κ3) is 2.88. The molecule has 1 rings (SSSR count). The number of aromatic nitrogens is 1. The Morgan fingerprint density at radius 3 is 2.47 bits per heavy atom. The summed E-state index contributed by atoms with van der Waals surface area (Å²) in [5.74, 6) is -0.741. The summed E-state index contributed by atoms with van der Waals surface area (Å²) < 4.78 is 46.1. The lowest BCUT2D eigenvalue weighted by Crippen LogP contribution is -2.00. The molecule has 0 aromatic carbocycles. The number of alkyl halides is 2. The Morgan fingerprint density at radius 1 is 1.53 bits per heavy atom. The summed E-state index contributed by atoms with van der Waals surface area (Å²) in [6.07, 6.45) is -3.00. The smallest absolute Gasteiger partial charge is 0.278 e. The zero-order chi connectivity index (χ0) is 11.8. The maximum absolute atomic E-state index is 12.3. The molecule has 0 aliphatic carbocycles. The second-order valence-electron chi connectivity index (χ2n) is 2.43. The van der Waals surface area contributed by atoms with Crippen molar-refractivity contribution in [3.05, 3.63) is 15.3 Å². The molecule has 1 heterocycles. The Kier molecular flexibility index (Phi) is 3.71. The Balaban J connectivity index is 3.50. The first-order valence-corrected chi connectivity index (χ1v) is 6.74. The number of aromatic hydroxyl groups is 1. The van der Waals surface area contributed by atoms with Crippen LogP contribution in [0.1, 0.15) is 12.0 Å². The highest BCUT2D eigenvalue weighted by atomic mass is 127. The number of rotatable bonds is 2. The first-order chi connectivity index (χ1) is 6.73. The van der Waals surface area contributed by atoms with Gasteiger partial charge in [-0.1, -0.05) is 0 Å². The second kappa shape index (κ2) is 4.34. The van der Waals surface area contributed by atoms with Gasteiger partial charge in [-0.2, -0.15) is 0 Å². The quantitative estimate of drug-likeness (QED) is 0.493. The molecule has 0 unspecified atom stereocenters. The van der Waals surface area contributed by atoms with Crippen LogP contribution in [0.3, 0.4) is 0 Å². The van der Waals surface area contributed by atoms with Crippen LogP contribution in [0.2, 0.25) is 0 Å². The van der Waals surface area contributed by atoms with Crippen molar-refractivity contribution in [3.8, 4) is 5.75 Å². The lowest BCUT2D eigenvalue weighted by Gasteiger charge is -2.06. The largest absolute Gasteiger partial charge is 0.505 e. The summed E-state index contributed by atoms with van der Waals surface area (Å²) in [6.45, 7) is 0. The van der Waals surface area contributed by atoms with Crippen molar-refractivity contribution in [1.29, 1.82) is 0 Å². The Labute approximate surface area is 102 Å². The number of halogens is 4. The van der Waals surface area contributed by atoms with Crippen molar-refractivity contribution in [2.24, 2.45) is 0 Å². The molecular weight excluding hydrogens is 366 g/mol. The van der Waals surface area contributed by atoms with E-state index in [1.165, 1.54) is 22.6 Å². The van der Waals surface area contributed by atoms with Gasteiger partial charge in [0.05, 0.1) is 5.56 Å². The summed E-state index contributed by atoms with van der Waals surface area (Å²) in [7, 11) is 0.753. The normalized spacial score (nSPS) is 12.1. The van der Waals surface area contributed by atoms with Crippen LogP contribution in [0.4, 0.5) is 8.78 Å². The molecule has 0 aliphatic rings. The fraction of sp³-hybridized carbons (Fsp3) is 0.167. The summed E-state index contributed by atoms with van der Waals surface area (Å²) in [5.41, 5.74) is -0.811. The average molecular weight is 370 g/mol. The molecule has 0 aliphatic heterocycles. The van der Waals surface area contributed by atoms with Crippen LogP contribution in [0.25, 0.3) is 0 Å². The van der Waals surface area contributed by atoms with Crippen LogP contribution in [0, 0.1) is 3.70 Å². The van der Waals surface area contributed by atoms with E-state index in [9.17, 15) is 22.3 Å². The summed E-state index contributed by atoms with van der Waals surface area (Å²) in [5, 5.41) is 8.46. The van der Waals surface area contributed by atoms with Gasteiger partial charge in [0.25, 0.3) is 15.5 Å². The van der Waals surface area contributed by atoms with E-state index in [1.54, 1.807) is 0 Å². The van der Waals surface area contributed by atoms with Gasteiger partial charge in [-0.05, 0) is 28.7 Å². The SMILES string of the molecule is O=S(=O)(Cl)c1cc(C(F)F)c(O)c(I)n1. The van der Waals surface area contributed by atoms with Gasteiger partial charge >= 0.3 is 0 Å². The third-order valence-corrected chi connectivity index (χ3v) is 3.38. The van der Waals surface area contributed by atoms with Crippen LogP contribution >= 0.6 is 33.3 Å². The minimum Gasteiger partial charge on any atom is -0.505 e. The monoisotopic (exact) mass is 369 g/mol. The molecule has 0 amide bonds. The van der Waals surface area contributed by atoms with Gasteiger partial charge in [0.2, 0.25) is 0 Å². The first kappa shape index (κ1) is 12.8. The average Bonchev–Trinajstić information content (AvgIpc) is 2.06. The van der Waals surface area contributed by atoms with Gasteiger partial charge in [0, 0.05) is 10.7 Å². The van der Waals surface area contributed by atoms with Crippen LogP contribution in [0.5, 0.6) is 5.75 Å². The van der Waals surface area contributed by atoms with Crippen LogP contribution in [-0.4, -0.2) is 18.5 Å². The highest BCUT2D eigenvalue weighted by molar-refractivity contribution is 14.1. The standard InChI is InChI=1S/C6H3ClF2INO3S/c7-15(13,14)3-1-2(5(8)9)4(12)6(10)11-3/h1,5,12H. The van der Waals surface area contributed by atoms with Gasteiger partial charge in [0.1, 0.15) is 3.70 Å². The molecule has 9 heteroatoms. The molecule has 0 saturated carbocycles. The summed E-state index contributed by atoms with van der Waals surface area (Å²) >= 11 is 1.43. The summed E-state index contributed by atoms with van der Waals surface area (Å²) in [4.78, 5) is 3.37. The van der Waals surface area contributed by atoms with E-state index in [1.807, 2.05) is 0 Å². The van der Waals surface area contributed by atoms with Gasteiger partial charge in [-0.15, -0.1) is 0 Å². The molecule has 1 aromatic heterocycles. The number of nitrogens with zero attached hydrogens (tertiary/aromatic N) is 1. The lowest BCUT2D eigenvalue weighted by molar-refractivity contribution is 0.146. The summed E-state index contributed by atoms with van der Waals surface area (Å²) in [6, 6.07) is 0.546. The van der Waals surface area contributed by atoms with E-state index in [0.717, 1.165) is 0 Å². The molecule has 0 radical (unpaired) electrons. The minimum absolute atomic E-state index is 0.246. The van der Waals surface area contributed by atoms with Crippen LogP contribution in [0.15, 0.2) is 11.1 Å². The fourth-order valence-electron chi connectivity index (χ4n) is 0.794. The molecule has 0 spiro atoms. The fourth-order valence-corrected chi connectivity index (χ4v) is 2.23. The van der Waals surface area contributed by atoms with Gasteiger partial charge in [-0.3, -0.25) is 0 Å². The van der Waals surface area contributed by atoms with E-state index < -0.39 is 31.8 Å². The van der Waals surface area contributed by atoms with Crippen LogP contribution in [-0.2, 0) is 9.05 Å². The third-order valence-electron chi connectivity index (χ3n) is 1.44. The van der Waals surface area contributed by atoms with Gasteiger partial charge in [0.15, 0.2) is 10.8 Å². The molecule has 0 atom stereocenters. The molecule has 1 N–H and O–H groups in total. The zero-order valence-electron chi connectivity index (χ0n) is 6.79. The van der Waals surface area contributed by atoms with Gasteiger partial charge < -0.3 is 5.11 Å². The molecule has 84 valence electrons. The van der Waals surface area contributed by atoms with Crippen molar-refractivity contribution in [1.82, 2.24) is 4.98 Å². The predicted octanol–water partition coefficient (Wildman–Crippen LogP) is 2.26. The topological polar surface area (TPSA) is 67.3 Å². The van der Waals surface area contributed by atoms with Crippen molar-refractivity contribution in [3.63, 3.8) is 0 Å². The lowest BCUT2D eigenvalue weighted by atomic mass is 10.2. The predicted molar refractivity (Wildman–Crippen MR) is 56.6 cm³/mol. The molecular formula is C6H3ClF2INO3S. The Bertz CT molecular complexity index is 493. The van der Waals surface area contributed by atoms with Crippen molar-refractivity contribution >= 4 is 42.3 Å². The number of hydrogen-bond donors (Lipinski definition) is 1. The highest BCUT2D eigenvalue weighted by Crippen LogP contribution is 2.33. The second-order valence-corrected chi connectivity index (χ2v) is 5.96. The van der Waals surface area contributed by atoms with Gasteiger partial charge in [-0.25, -0.2) is 22.2 Å². The van der Waals surface area contributed by atoms with Crippen LogP contribution < -0.4 is 0 Å². The Hall–Kier alpha value is -0.220. The van der Waals surface area contributed by atoms with E-state index >= 15 is 0 Å². The molecule has 0 fully saturated rings. The van der Waals surface area contributed by atoms with E-state index in [0.29, 0.717) is 6.07 Å². The molecule has 15 heavy (non-hydrogen) atoms. The maximum atomic E-state index is 12.3. The van der Waals surface area contributed by atoms with E-state index in [-0.39, 0.29) is 3.70 Å². The highest BCUT2D eigenvalue weighted by Gasteiger charge is 2.22. The molecule has 0 saturated heterocycles. The van der Waals surface area contributed by atoms with Crippen molar-refractivity contribution < 1.29 is 22.3 Å². The van der Waals surface area contributed by atoms with Crippen molar-refractivity contribution in [2.75, 3.05) is 0 Å². The van der Waals surface area contributed by atoms with Crippen molar-refractivity contribution in [2.45, 2.75) is 11.5 Å². The van der Waals surface area contributed by atoms with E-state index in [2.05, 4.69) is 4.98 Å². The first-order valence-electron chi connectivity index (χ1n) is 3.35. The van der Waals surface area contributed by atoms with E-state index in [4.69, 9.17) is 10.7 Å². The molecule has 4 nitrogen and oxygen atoms in total. The number of pyridine rings is 1. The molecule has 0 bridgehead atoms. The Morgan fingerprint density at radius 2 is 2.07 bits per heavy atom. The maximum Gasteiger partial charge on any atom is 0.278 e. The number of hydrogen-bond acceptors (Lipinski definition) is 4.